The fraction of sp³-hybridized carbons (Fsp3) is 0.571. The van der Waals surface area contributed by atoms with Crippen molar-refractivity contribution in [1.29, 1.82) is 0 Å². The molecule has 0 spiro atoms. The number of rotatable bonds is 4. The molecule has 102 valence electrons. The van der Waals surface area contributed by atoms with Crippen molar-refractivity contribution in [3.63, 3.8) is 0 Å². The molecule has 1 saturated heterocycles. The highest BCUT2D eigenvalue weighted by Crippen LogP contribution is 2.20. The average molecular weight is 259 g/mol. The zero-order chi connectivity index (χ0) is 13.2. The number of pyridine rings is 1. The normalized spacial score (nSPS) is 20.4. The lowest BCUT2D eigenvalue weighted by atomic mass is 10.0. The van der Waals surface area contributed by atoms with Crippen molar-refractivity contribution < 1.29 is 0 Å². The summed E-state index contributed by atoms with van der Waals surface area (Å²) in [6, 6.07) is 6.03. The lowest BCUT2D eigenvalue weighted by molar-refractivity contribution is 0.340. The summed E-state index contributed by atoms with van der Waals surface area (Å²) in [6.45, 7) is 6.28. The zero-order valence-corrected chi connectivity index (χ0v) is 11.4. The first-order valence-corrected chi connectivity index (χ1v) is 7.06. The summed E-state index contributed by atoms with van der Waals surface area (Å²) < 4.78 is 2.12. The van der Waals surface area contributed by atoms with Gasteiger partial charge in [-0.3, -0.25) is 4.40 Å². The van der Waals surface area contributed by atoms with Gasteiger partial charge in [0, 0.05) is 25.2 Å². The van der Waals surface area contributed by atoms with Crippen molar-refractivity contribution in [3.8, 4) is 0 Å². The molecule has 0 bridgehead atoms. The maximum Gasteiger partial charge on any atom is 0.161 e. The van der Waals surface area contributed by atoms with Gasteiger partial charge in [-0.1, -0.05) is 13.0 Å². The minimum Gasteiger partial charge on any atom is -0.325 e. The van der Waals surface area contributed by atoms with E-state index in [9.17, 15) is 0 Å². The standard InChI is InChI=1S/C14H21N5/c1-2-18-7-6-11(10-18)8-14-17-16-13-5-3-4-12(9-15)19(13)14/h3-5,11H,2,6-10,15H2,1H3. The minimum absolute atomic E-state index is 0.522. The first-order valence-electron chi connectivity index (χ1n) is 7.06. The third-order valence-electron chi connectivity index (χ3n) is 4.07. The van der Waals surface area contributed by atoms with Crippen LogP contribution in [-0.4, -0.2) is 39.1 Å². The van der Waals surface area contributed by atoms with E-state index in [2.05, 4.69) is 26.4 Å². The summed E-state index contributed by atoms with van der Waals surface area (Å²) >= 11 is 0. The number of nitrogens with zero attached hydrogens (tertiary/aromatic N) is 4. The molecule has 1 aliphatic rings. The number of hydrogen-bond acceptors (Lipinski definition) is 4. The molecule has 2 aromatic heterocycles. The van der Waals surface area contributed by atoms with Gasteiger partial charge in [0.1, 0.15) is 5.82 Å². The third kappa shape index (κ3) is 2.35. The second-order valence-electron chi connectivity index (χ2n) is 5.28. The summed E-state index contributed by atoms with van der Waals surface area (Å²) in [7, 11) is 0. The van der Waals surface area contributed by atoms with Crippen LogP contribution in [-0.2, 0) is 13.0 Å². The molecule has 1 aliphatic heterocycles. The quantitative estimate of drug-likeness (QED) is 0.892. The molecule has 5 nitrogen and oxygen atoms in total. The van der Waals surface area contributed by atoms with Crippen LogP contribution in [0.3, 0.4) is 0 Å². The Labute approximate surface area is 113 Å². The minimum atomic E-state index is 0.522. The van der Waals surface area contributed by atoms with Crippen molar-refractivity contribution in [1.82, 2.24) is 19.5 Å². The average Bonchev–Trinajstić information content (AvgIpc) is 3.06. The van der Waals surface area contributed by atoms with E-state index in [0.29, 0.717) is 12.5 Å². The molecule has 2 aromatic rings. The van der Waals surface area contributed by atoms with Crippen LogP contribution in [0, 0.1) is 5.92 Å². The lowest BCUT2D eigenvalue weighted by Gasteiger charge is -2.13. The fourth-order valence-electron chi connectivity index (χ4n) is 2.99. The fourth-order valence-corrected chi connectivity index (χ4v) is 2.99. The van der Waals surface area contributed by atoms with Gasteiger partial charge >= 0.3 is 0 Å². The predicted octanol–water partition coefficient (Wildman–Crippen LogP) is 1.07. The molecule has 2 N–H and O–H groups in total. The molecule has 5 heteroatoms. The molecule has 3 rings (SSSR count). The summed E-state index contributed by atoms with van der Waals surface area (Å²) in [5.74, 6) is 1.75. The van der Waals surface area contributed by atoms with Crippen LogP contribution in [0.4, 0.5) is 0 Å². The maximum absolute atomic E-state index is 5.81. The Kier molecular flexibility index (Phi) is 3.48. The number of likely N-dealkylation sites (tertiary alicyclic amines) is 1. The van der Waals surface area contributed by atoms with Crippen LogP contribution >= 0.6 is 0 Å². The van der Waals surface area contributed by atoms with Crippen molar-refractivity contribution in [2.75, 3.05) is 19.6 Å². The number of fused-ring (bicyclic) bond motifs is 1. The van der Waals surface area contributed by atoms with Crippen LogP contribution in [0.1, 0.15) is 24.9 Å². The number of aromatic nitrogens is 3. The van der Waals surface area contributed by atoms with Crippen LogP contribution in [0.2, 0.25) is 0 Å². The van der Waals surface area contributed by atoms with Gasteiger partial charge in [-0.2, -0.15) is 0 Å². The van der Waals surface area contributed by atoms with Gasteiger partial charge in [-0.25, -0.2) is 0 Å². The van der Waals surface area contributed by atoms with Crippen LogP contribution < -0.4 is 5.73 Å². The van der Waals surface area contributed by atoms with Gasteiger partial charge in [0.15, 0.2) is 5.65 Å². The summed E-state index contributed by atoms with van der Waals surface area (Å²) in [5.41, 5.74) is 7.80. The molecule has 1 fully saturated rings. The second kappa shape index (κ2) is 5.27. The predicted molar refractivity (Wildman–Crippen MR) is 74.8 cm³/mol. The Balaban J connectivity index is 1.85. The van der Waals surface area contributed by atoms with Crippen molar-refractivity contribution in [2.45, 2.75) is 26.3 Å². The Bertz CT molecular complexity index is 562. The van der Waals surface area contributed by atoms with Gasteiger partial charge in [-0.05, 0) is 37.6 Å². The molecule has 19 heavy (non-hydrogen) atoms. The molecule has 1 atom stereocenters. The first kappa shape index (κ1) is 12.6. The molecular weight excluding hydrogens is 238 g/mol. The van der Waals surface area contributed by atoms with E-state index in [0.717, 1.165) is 30.1 Å². The van der Waals surface area contributed by atoms with Crippen molar-refractivity contribution >= 4 is 5.65 Å². The van der Waals surface area contributed by atoms with E-state index in [1.807, 2.05) is 18.2 Å². The van der Waals surface area contributed by atoms with Gasteiger partial charge in [0.25, 0.3) is 0 Å². The smallest absolute Gasteiger partial charge is 0.161 e. The lowest BCUT2D eigenvalue weighted by Crippen LogP contribution is -2.20. The highest BCUT2D eigenvalue weighted by atomic mass is 15.3. The Morgan fingerprint density at radius 2 is 2.26 bits per heavy atom. The first-order chi connectivity index (χ1) is 9.31. The molecule has 3 heterocycles. The third-order valence-corrected chi connectivity index (χ3v) is 4.07. The van der Waals surface area contributed by atoms with Gasteiger partial charge < -0.3 is 10.6 Å². The highest BCUT2D eigenvalue weighted by Gasteiger charge is 2.23. The van der Waals surface area contributed by atoms with E-state index in [1.165, 1.54) is 19.5 Å². The van der Waals surface area contributed by atoms with E-state index in [1.54, 1.807) is 0 Å². The number of hydrogen-bond donors (Lipinski definition) is 1. The van der Waals surface area contributed by atoms with Gasteiger partial charge in [0.2, 0.25) is 0 Å². The monoisotopic (exact) mass is 259 g/mol. The van der Waals surface area contributed by atoms with Crippen molar-refractivity contribution in [3.05, 3.63) is 29.7 Å². The topological polar surface area (TPSA) is 59.5 Å². The van der Waals surface area contributed by atoms with Crippen molar-refractivity contribution in [2.24, 2.45) is 11.7 Å². The Morgan fingerprint density at radius 1 is 1.37 bits per heavy atom. The molecule has 0 saturated carbocycles. The molecule has 0 radical (unpaired) electrons. The molecule has 0 aromatic carbocycles. The Hall–Kier alpha value is -1.46. The van der Waals surface area contributed by atoms with Crippen LogP contribution in [0.25, 0.3) is 5.65 Å². The molecule has 1 unspecified atom stereocenters. The number of nitrogens with two attached hydrogens (primary N) is 1. The summed E-state index contributed by atoms with van der Waals surface area (Å²) in [4.78, 5) is 2.50. The largest absolute Gasteiger partial charge is 0.325 e. The summed E-state index contributed by atoms with van der Waals surface area (Å²) in [5, 5.41) is 8.61. The maximum atomic E-state index is 5.81. The van der Waals surface area contributed by atoms with E-state index in [-0.39, 0.29) is 0 Å². The Morgan fingerprint density at radius 3 is 3.00 bits per heavy atom. The molecular formula is C14H21N5. The SMILES string of the molecule is CCN1CCC(Cc2nnc3cccc(CN)n23)C1. The second-order valence-corrected chi connectivity index (χ2v) is 5.28. The van der Waals surface area contributed by atoms with Gasteiger partial charge in [0.05, 0.1) is 0 Å². The molecule has 0 aliphatic carbocycles. The zero-order valence-electron chi connectivity index (χ0n) is 11.4. The van der Waals surface area contributed by atoms with Gasteiger partial charge in [-0.15, -0.1) is 10.2 Å². The van der Waals surface area contributed by atoms with E-state index in [4.69, 9.17) is 5.73 Å². The van der Waals surface area contributed by atoms with Crippen LogP contribution in [0.15, 0.2) is 18.2 Å². The molecule has 0 amide bonds. The highest BCUT2D eigenvalue weighted by molar-refractivity contribution is 5.40. The van der Waals surface area contributed by atoms with E-state index >= 15 is 0 Å². The summed E-state index contributed by atoms with van der Waals surface area (Å²) in [6.07, 6.45) is 2.25. The van der Waals surface area contributed by atoms with Crippen LogP contribution in [0.5, 0.6) is 0 Å². The van der Waals surface area contributed by atoms with E-state index < -0.39 is 0 Å².